The second-order valence-corrected chi connectivity index (χ2v) is 6.94. The average molecular weight is 370 g/mol. The first kappa shape index (κ1) is 18.3. The van der Waals surface area contributed by atoms with Crippen LogP contribution in [-0.2, 0) is 5.75 Å². The predicted molar refractivity (Wildman–Crippen MR) is 103 cm³/mol. The summed E-state index contributed by atoms with van der Waals surface area (Å²) >= 11 is 1.64. The van der Waals surface area contributed by atoms with Crippen LogP contribution >= 0.6 is 11.8 Å². The van der Waals surface area contributed by atoms with Crippen molar-refractivity contribution in [1.29, 1.82) is 0 Å². The van der Waals surface area contributed by atoms with Crippen molar-refractivity contribution in [3.8, 4) is 5.75 Å². The maximum atomic E-state index is 5.76. The molecule has 0 bridgehead atoms. The van der Waals surface area contributed by atoms with E-state index < -0.39 is 0 Å². The van der Waals surface area contributed by atoms with E-state index in [0.717, 1.165) is 23.6 Å². The minimum Gasteiger partial charge on any atom is -0.494 e. The Hall–Kier alpha value is -2.54. The van der Waals surface area contributed by atoms with E-state index in [1.165, 1.54) is 5.56 Å². The first-order valence-corrected chi connectivity index (χ1v) is 9.45. The lowest BCUT2D eigenvalue weighted by Gasteiger charge is -2.14. The Bertz CT molecular complexity index is 810. The van der Waals surface area contributed by atoms with Crippen molar-refractivity contribution in [3.63, 3.8) is 0 Å². The number of ether oxygens (including phenoxy) is 1. The van der Waals surface area contributed by atoms with Gasteiger partial charge in [-0.25, -0.2) is 0 Å². The fourth-order valence-corrected chi connectivity index (χ4v) is 3.05. The molecule has 1 aromatic carbocycles. The minimum atomic E-state index is 0.533. The number of benzene rings is 1. The number of pyridine rings is 1. The van der Waals surface area contributed by atoms with Crippen molar-refractivity contribution < 1.29 is 9.15 Å². The summed E-state index contributed by atoms with van der Waals surface area (Å²) in [4.78, 5) is 7.08. The summed E-state index contributed by atoms with van der Waals surface area (Å²) in [7, 11) is 1.94. The highest BCUT2D eigenvalue weighted by atomic mass is 32.2. The molecular weight excluding hydrogens is 348 g/mol. The fraction of sp³-hybridized carbons (Fsp3) is 0.316. The highest BCUT2D eigenvalue weighted by Gasteiger charge is 2.11. The lowest BCUT2D eigenvalue weighted by atomic mass is 10.2. The van der Waals surface area contributed by atoms with Crippen LogP contribution in [0.4, 0.5) is 6.01 Å². The Morgan fingerprint density at radius 1 is 1.15 bits per heavy atom. The summed E-state index contributed by atoms with van der Waals surface area (Å²) in [5, 5.41) is 8.23. The van der Waals surface area contributed by atoms with Crippen molar-refractivity contribution >= 4 is 17.8 Å². The zero-order valence-electron chi connectivity index (χ0n) is 15.0. The molecule has 6 nitrogen and oxygen atoms in total. The fourth-order valence-electron chi connectivity index (χ4n) is 2.33. The topological polar surface area (TPSA) is 64.3 Å². The van der Waals surface area contributed by atoms with Gasteiger partial charge in [0, 0.05) is 30.9 Å². The lowest BCUT2D eigenvalue weighted by Crippen LogP contribution is -2.20. The SMILES string of the molecule is Cc1cccc(OCCCN(C)c2nnc(CSc3ccncc3)o2)c1. The number of thioether (sulfide) groups is 1. The van der Waals surface area contributed by atoms with Gasteiger partial charge in [-0.05, 0) is 43.2 Å². The molecule has 136 valence electrons. The Kier molecular flexibility index (Phi) is 6.49. The van der Waals surface area contributed by atoms with Crippen LogP contribution in [0.5, 0.6) is 5.75 Å². The van der Waals surface area contributed by atoms with E-state index in [0.29, 0.717) is 24.3 Å². The van der Waals surface area contributed by atoms with Gasteiger partial charge in [-0.2, -0.15) is 0 Å². The van der Waals surface area contributed by atoms with Gasteiger partial charge in [0.1, 0.15) is 5.75 Å². The summed E-state index contributed by atoms with van der Waals surface area (Å²) in [5.41, 5.74) is 1.20. The van der Waals surface area contributed by atoms with Gasteiger partial charge in [0.25, 0.3) is 0 Å². The number of hydrogen-bond donors (Lipinski definition) is 0. The number of nitrogens with zero attached hydrogens (tertiary/aromatic N) is 4. The smallest absolute Gasteiger partial charge is 0.317 e. The molecule has 0 fully saturated rings. The Labute approximate surface area is 157 Å². The Balaban J connectivity index is 1.40. The van der Waals surface area contributed by atoms with Crippen LogP contribution in [0.3, 0.4) is 0 Å². The van der Waals surface area contributed by atoms with E-state index >= 15 is 0 Å². The van der Waals surface area contributed by atoms with Gasteiger partial charge in [-0.3, -0.25) is 4.98 Å². The third-order valence-corrected chi connectivity index (χ3v) is 4.69. The maximum Gasteiger partial charge on any atom is 0.317 e. The molecule has 0 N–H and O–H groups in total. The van der Waals surface area contributed by atoms with Gasteiger partial charge < -0.3 is 14.1 Å². The van der Waals surface area contributed by atoms with Crippen LogP contribution in [-0.4, -0.2) is 35.4 Å². The van der Waals surface area contributed by atoms with E-state index in [2.05, 4.69) is 28.2 Å². The zero-order chi connectivity index (χ0) is 18.2. The molecule has 3 rings (SSSR count). The largest absolute Gasteiger partial charge is 0.494 e. The normalized spacial score (nSPS) is 10.7. The van der Waals surface area contributed by atoms with Crippen molar-refractivity contribution in [1.82, 2.24) is 15.2 Å². The monoisotopic (exact) mass is 370 g/mol. The van der Waals surface area contributed by atoms with E-state index in [1.54, 1.807) is 24.2 Å². The Morgan fingerprint density at radius 2 is 2.00 bits per heavy atom. The van der Waals surface area contributed by atoms with Crippen LogP contribution < -0.4 is 9.64 Å². The highest BCUT2D eigenvalue weighted by Crippen LogP contribution is 2.22. The van der Waals surface area contributed by atoms with Crippen LogP contribution in [0, 0.1) is 6.92 Å². The van der Waals surface area contributed by atoms with Crippen molar-refractivity contribution in [2.24, 2.45) is 0 Å². The summed E-state index contributed by atoms with van der Waals surface area (Å²) in [6.07, 6.45) is 4.41. The predicted octanol–water partition coefficient (Wildman–Crippen LogP) is 3.97. The molecule has 0 aliphatic rings. The first-order valence-electron chi connectivity index (χ1n) is 8.46. The molecule has 0 radical (unpaired) electrons. The molecule has 0 aliphatic heterocycles. The molecule has 0 amide bonds. The average Bonchev–Trinajstić information content (AvgIpc) is 3.13. The molecule has 7 heteroatoms. The number of rotatable bonds is 9. The quantitative estimate of drug-likeness (QED) is 0.417. The van der Waals surface area contributed by atoms with Crippen LogP contribution in [0.1, 0.15) is 17.9 Å². The van der Waals surface area contributed by atoms with Gasteiger partial charge >= 0.3 is 6.01 Å². The summed E-state index contributed by atoms with van der Waals surface area (Å²) in [5.74, 6) is 2.16. The van der Waals surface area contributed by atoms with Crippen molar-refractivity contribution in [2.75, 3.05) is 25.1 Å². The standard InChI is InChI=1S/C19H22N4O2S/c1-15-5-3-6-16(13-15)24-12-4-11-23(2)19-22-21-18(25-19)14-26-17-7-9-20-10-8-17/h3,5-10,13H,4,11-12,14H2,1-2H3. The second-order valence-electron chi connectivity index (χ2n) is 5.89. The zero-order valence-corrected chi connectivity index (χ0v) is 15.8. The minimum absolute atomic E-state index is 0.533. The summed E-state index contributed by atoms with van der Waals surface area (Å²) in [6.45, 7) is 3.48. The summed E-state index contributed by atoms with van der Waals surface area (Å²) in [6, 6.07) is 12.5. The molecular formula is C19H22N4O2S. The molecule has 0 saturated carbocycles. The van der Waals surface area contributed by atoms with Crippen molar-refractivity contribution in [3.05, 3.63) is 60.2 Å². The lowest BCUT2D eigenvalue weighted by molar-refractivity contribution is 0.311. The highest BCUT2D eigenvalue weighted by molar-refractivity contribution is 7.98. The van der Waals surface area contributed by atoms with E-state index in [9.17, 15) is 0 Å². The van der Waals surface area contributed by atoms with Crippen molar-refractivity contribution in [2.45, 2.75) is 24.0 Å². The van der Waals surface area contributed by atoms with Gasteiger partial charge in [0.15, 0.2) is 0 Å². The molecule has 0 spiro atoms. The van der Waals surface area contributed by atoms with Crippen LogP contribution in [0.15, 0.2) is 58.1 Å². The van der Waals surface area contributed by atoms with E-state index in [1.807, 2.05) is 42.3 Å². The molecule has 3 aromatic rings. The van der Waals surface area contributed by atoms with Gasteiger partial charge in [-0.1, -0.05) is 17.2 Å². The molecule has 26 heavy (non-hydrogen) atoms. The molecule has 2 heterocycles. The second kappa shape index (κ2) is 9.24. The molecule has 0 unspecified atom stereocenters. The molecule has 0 aliphatic carbocycles. The molecule has 0 saturated heterocycles. The van der Waals surface area contributed by atoms with E-state index in [4.69, 9.17) is 9.15 Å². The Morgan fingerprint density at radius 3 is 2.81 bits per heavy atom. The maximum absolute atomic E-state index is 5.76. The summed E-state index contributed by atoms with van der Waals surface area (Å²) < 4.78 is 11.5. The number of hydrogen-bond acceptors (Lipinski definition) is 7. The van der Waals surface area contributed by atoms with Gasteiger partial charge in [0.2, 0.25) is 5.89 Å². The van der Waals surface area contributed by atoms with Crippen LogP contribution in [0.2, 0.25) is 0 Å². The molecule has 2 aromatic heterocycles. The number of anilines is 1. The third-order valence-electron chi connectivity index (χ3n) is 3.69. The van der Waals surface area contributed by atoms with E-state index in [-0.39, 0.29) is 0 Å². The first-order chi connectivity index (χ1) is 12.7. The van der Waals surface area contributed by atoms with Crippen LogP contribution in [0.25, 0.3) is 0 Å². The van der Waals surface area contributed by atoms with Gasteiger partial charge in [0.05, 0.1) is 12.4 Å². The number of aryl methyl sites for hydroxylation is 1. The molecule has 0 atom stereocenters. The third kappa shape index (κ3) is 5.49. The number of aromatic nitrogens is 3. The van der Waals surface area contributed by atoms with Gasteiger partial charge in [-0.15, -0.1) is 16.9 Å².